The number of ketones is 1. The fourth-order valence-corrected chi connectivity index (χ4v) is 15.2. The highest BCUT2D eigenvalue weighted by atomic mass is 16.7. The molecular weight excluding hydrogens is 1200 g/mol. The number of ether oxygens (including phenoxy) is 7. The number of carbonyl (C=O) groups is 8. The first-order valence-corrected chi connectivity index (χ1v) is 31.1. The summed E-state index contributed by atoms with van der Waals surface area (Å²) in [6, 6.07) is 29.8. The zero-order valence-electron chi connectivity index (χ0n) is 52.4. The van der Waals surface area contributed by atoms with E-state index in [1.807, 2.05) is 41.4 Å². The van der Waals surface area contributed by atoms with E-state index in [0.29, 0.717) is 34.5 Å². The molecule has 2 saturated carbocycles. The highest BCUT2D eigenvalue weighted by Crippen LogP contribution is 2.65. The number of aliphatic hydroxyl groups excluding tert-OH is 1. The lowest BCUT2D eigenvalue weighted by molar-refractivity contribution is -0.346. The summed E-state index contributed by atoms with van der Waals surface area (Å²) in [6.07, 6.45) is -6.10. The number of rotatable bonds is 16. The van der Waals surface area contributed by atoms with Gasteiger partial charge >= 0.3 is 35.8 Å². The predicted molar refractivity (Wildman–Crippen MR) is 331 cm³/mol. The molecule has 4 fully saturated rings. The number of aliphatic imine (C=N–C) groups is 1. The highest BCUT2D eigenvalue weighted by molar-refractivity contribution is 6.01. The first-order valence-electron chi connectivity index (χ1n) is 31.1. The molecule has 22 nitrogen and oxygen atoms in total. The molecule has 3 aliphatic carbocycles. The fourth-order valence-electron chi connectivity index (χ4n) is 15.2. The zero-order valence-corrected chi connectivity index (χ0v) is 52.4. The second-order valence-electron chi connectivity index (χ2n) is 25.6. The largest absolute Gasteiger partial charge is 0.461 e. The summed E-state index contributed by atoms with van der Waals surface area (Å²) in [5.41, 5.74) is -3.80. The third kappa shape index (κ3) is 11.0. The van der Waals surface area contributed by atoms with E-state index < -0.39 is 143 Å². The molecule has 5 aromatic rings. The number of nitrogens with zero attached hydrogens (tertiary/aromatic N) is 3. The van der Waals surface area contributed by atoms with E-state index >= 15 is 4.79 Å². The van der Waals surface area contributed by atoms with Gasteiger partial charge in [-0.25, -0.2) is 14.6 Å². The molecule has 4 N–H and O–H groups in total. The smallest absolute Gasteiger partial charge is 0.338 e. The maximum absolute atomic E-state index is 16.6. The van der Waals surface area contributed by atoms with Gasteiger partial charge in [0.1, 0.15) is 30.0 Å². The van der Waals surface area contributed by atoms with Gasteiger partial charge in [0, 0.05) is 91.7 Å². The van der Waals surface area contributed by atoms with Gasteiger partial charge in [-0.2, -0.15) is 0 Å². The van der Waals surface area contributed by atoms with Crippen LogP contribution in [-0.4, -0.2) is 146 Å². The summed E-state index contributed by atoms with van der Waals surface area (Å²) in [7, 11) is 0. The maximum atomic E-state index is 16.6. The zero-order chi connectivity index (χ0) is 66.1. The van der Waals surface area contributed by atoms with E-state index in [4.69, 9.17) is 43.1 Å². The van der Waals surface area contributed by atoms with Gasteiger partial charge in [0.25, 0.3) is 5.91 Å². The van der Waals surface area contributed by atoms with Gasteiger partial charge in [0.2, 0.25) is 5.79 Å². The molecule has 4 aromatic carbocycles. The van der Waals surface area contributed by atoms with Crippen molar-refractivity contribution in [2.75, 3.05) is 13.2 Å². The summed E-state index contributed by atoms with van der Waals surface area (Å²) >= 11 is 0. The Labute approximate surface area is 535 Å². The molecule has 2 unspecified atom stereocenters. The van der Waals surface area contributed by atoms with Crippen LogP contribution in [0.5, 0.6) is 0 Å². The second kappa shape index (κ2) is 24.4. The van der Waals surface area contributed by atoms with Crippen LogP contribution >= 0.6 is 0 Å². The fraction of sp³-hybridized carbons (Fsp3) is 0.408. The summed E-state index contributed by atoms with van der Waals surface area (Å²) in [6.45, 7) is 9.81. The van der Waals surface area contributed by atoms with E-state index in [2.05, 4.69) is 5.32 Å². The standard InChI is InChI=1S/C71H72N4O18/c1-8-71(86)48-31-50-58-47(36-75(50)35-44(48)30-55(79)93-71)46(45-26-18-19-27-49(45)73-58)34-72-29-28-54(78)90-52-32-53-69(37-87-53,92-40(4)77)61-63(91-65(83)43-24-16-11-17-25-43)70(85)33-51(38(2)56(67(70,5)6)60(88-39(3)76)62(81)68(52,61)7)89-66(84)59(80)57(41-20-12-9-13-21-41)74-64(82)42-22-14-10-15-23-42/h9-27,31,34-35,50-53,57,59-61,63,80,85-86H,8,28-30,32-33,36-37H2,1-7H3,(H,74,82)/t50?,51-,52-,53+,57-,59+,60+,61?,63-,68+,69-,70+,71+/m0/s1. The number of hydrogen-bond donors (Lipinski definition) is 4. The van der Waals surface area contributed by atoms with Crippen molar-refractivity contribution in [2.45, 2.75) is 153 Å². The number of amides is 1. The molecule has 484 valence electrons. The van der Waals surface area contributed by atoms with E-state index in [1.54, 1.807) is 106 Å². The molecule has 2 saturated heterocycles. The van der Waals surface area contributed by atoms with Crippen LogP contribution in [0.4, 0.5) is 0 Å². The summed E-state index contributed by atoms with van der Waals surface area (Å²) in [4.78, 5) is 126. The van der Waals surface area contributed by atoms with Gasteiger partial charge in [0.15, 0.2) is 23.6 Å². The number of hydrogen-bond acceptors (Lipinski definition) is 21. The molecule has 13 atom stereocenters. The number of nitrogens with one attached hydrogen (secondary N) is 1. The van der Waals surface area contributed by atoms with Crippen molar-refractivity contribution in [1.82, 2.24) is 15.2 Å². The molecule has 1 aromatic heterocycles. The number of para-hydroxylation sites is 1. The molecule has 0 radical (unpaired) electrons. The molecule has 1 amide bonds. The van der Waals surface area contributed by atoms with Crippen molar-refractivity contribution in [1.29, 1.82) is 0 Å². The van der Waals surface area contributed by atoms with Crippen molar-refractivity contribution >= 4 is 64.6 Å². The van der Waals surface area contributed by atoms with Crippen LogP contribution in [0.3, 0.4) is 0 Å². The number of pyridine rings is 1. The Morgan fingerprint density at radius 3 is 2.17 bits per heavy atom. The summed E-state index contributed by atoms with van der Waals surface area (Å²) in [5.74, 6) is -10.5. The van der Waals surface area contributed by atoms with Gasteiger partial charge in [-0.15, -0.1) is 0 Å². The number of esters is 6. The van der Waals surface area contributed by atoms with Gasteiger partial charge in [0.05, 0.1) is 59.6 Å². The minimum absolute atomic E-state index is 0.0120. The van der Waals surface area contributed by atoms with Gasteiger partial charge in [-0.3, -0.25) is 33.8 Å². The molecule has 4 aliphatic heterocycles. The molecule has 93 heavy (non-hydrogen) atoms. The van der Waals surface area contributed by atoms with E-state index in [9.17, 15) is 48.9 Å². The molecule has 0 spiro atoms. The minimum atomic E-state index is -2.54. The van der Waals surface area contributed by atoms with Crippen LogP contribution in [0.1, 0.15) is 136 Å². The topological polar surface area (TPSA) is 302 Å². The molecule has 7 aliphatic rings. The van der Waals surface area contributed by atoms with Crippen LogP contribution < -0.4 is 5.32 Å². The maximum Gasteiger partial charge on any atom is 0.338 e. The van der Waals surface area contributed by atoms with Crippen molar-refractivity contribution in [2.24, 2.45) is 21.7 Å². The predicted octanol–water partition coefficient (Wildman–Crippen LogP) is 7.07. The van der Waals surface area contributed by atoms with Crippen LogP contribution in [0.2, 0.25) is 0 Å². The SMILES string of the molecule is CC[C@@]1(O)OC(=O)CC2=CN3Cc4c(nc5ccccc5c4C=NCCC(=O)O[C@H]4C[C@H]5OC[C@@]5(OC(C)=O)C5[C@H](OC(=O)c6ccccc6)[C@]6(O)C[C@H](OC(=O)[C@H](O)[C@@H](NC(=O)c7ccccc7)c7ccccc7)C(C)=C([C@@H](OC(C)=O)C(=O)[C@@]54C)C6(C)C)C3C=C21. The average Bonchev–Trinajstić information content (AvgIpc) is 1.08. The monoisotopic (exact) mass is 1270 g/mol. The van der Waals surface area contributed by atoms with Crippen molar-refractivity contribution in [3.8, 4) is 0 Å². The summed E-state index contributed by atoms with van der Waals surface area (Å²) in [5, 5.41) is 41.4. The van der Waals surface area contributed by atoms with E-state index in [0.717, 1.165) is 30.4 Å². The highest BCUT2D eigenvalue weighted by Gasteiger charge is 2.79. The molecule has 2 bridgehead atoms. The Hall–Kier alpha value is -9.22. The molecule has 12 rings (SSSR count). The van der Waals surface area contributed by atoms with E-state index in [-0.39, 0.29) is 54.5 Å². The number of Topliss-reactive ketones (excluding diaryl/α,β-unsaturated/α-hetero) is 1. The lowest BCUT2D eigenvalue weighted by atomic mass is 9.44. The Balaban J connectivity index is 0.910. The Morgan fingerprint density at radius 2 is 1.52 bits per heavy atom. The van der Waals surface area contributed by atoms with Crippen LogP contribution in [-0.2, 0) is 68.5 Å². The number of cyclic esters (lactones) is 1. The molecule has 5 heterocycles. The quantitative estimate of drug-likeness (QED) is 0.0332. The number of aromatic nitrogens is 1. The number of aliphatic hydroxyl groups is 3. The van der Waals surface area contributed by atoms with Crippen LogP contribution in [0.25, 0.3) is 10.9 Å². The number of fused-ring (bicyclic) bond motifs is 10. The lowest BCUT2D eigenvalue weighted by Crippen LogP contribution is -2.82. The third-order valence-corrected chi connectivity index (χ3v) is 19.9. The van der Waals surface area contributed by atoms with E-state index in [1.165, 1.54) is 26.0 Å². The Kier molecular flexibility index (Phi) is 16.7. The Morgan fingerprint density at radius 1 is 0.849 bits per heavy atom. The second-order valence-corrected chi connectivity index (χ2v) is 25.6. The first kappa shape index (κ1) is 63.9. The lowest BCUT2D eigenvalue weighted by Gasteiger charge is -2.67. The van der Waals surface area contributed by atoms with Crippen molar-refractivity contribution in [3.05, 3.63) is 183 Å². The third-order valence-electron chi connectivity index (χ3n) is 19.9. The number of carbonyl (C=O) groups excluding carboxylic acids is 8. The molecule has 22 heteroatoms. The van der Waals surface area contributed by atoms with Crippen molar-refractivity contribution < 1.29 is 86.8 Å². The van der Waals surface area contributed by atoms with Crippen LogP contribution in [0, 0.1) is 16.7 Å². The molecular formula is C71H72N4O18. The first-order chi connectivity index (χ1) is 44.3. The van der Waals surface area contributed by atoms with Gasteiger partial charge in [-0.1, -0.05) is 106 Å². The van der Waals surface area contributed by atoms with Crippen LogP contribution in [0.15, 0.2) is 155 Å². The normalized spacial score (nSPS) is 29.5. The number of benzene rings is 4. The summed E-state index contributed by atoms with van der Waals surface area (Å²) < 4.78 is 43.5. The van der Waals surface area contributed by atoms with Crippen molar-refractivity contribution in [3.63, 3.8) is 0 Å². The average molecular weight is 1270 g/mol. The minimum Gasteiger partial charge on any atom is -0.461 e. The van der Waals surface area contributed by atoms with Gasteiger partial charge in [-0.05, 0) is 72.5 Å². The Bertz CT molecular complexity index is 4020. The van der Waals surface area contributed by atoms with Gasteiger partial charge < -0.3 is 58.7 Å².